The maximum atomic E-state index is 11.9. The first-order valence-electron chi connectivity index (χ1n) is 4.69. The molecule has 2 N–H and O–H groups in total. The third-order valence-corrected chi connectivity index (χ3v) is 2.75. The molecule has 0 aromatic carbocycles. The van der Waals surface area contributed by atoms with Crippen molar-refractivity contribution in [1.29, 1.82) is 0 Å². The Hall–Kier alpha value is -1.05. The number of nitrogens with two attached hydrogens (primary N) is 1. The minimum absolute atomic E-state index is 0.0608. The normalized spacial score (nSPS) is 21.7. The van der Waals surface area contributed by atoms with E-state index in [0.717, 1.165) is 11.7 Å². The molecular formula is C8H12N4O2S. The Morgan fingerprint density at radius 2 is 2.67 bits per heavy atom. The summed E-state index contributed by atoms with van der Waals surface area (Å²) in [5.41, 5.74) is 5.90. The molecule has 0 saturated carbocycles. The lowest BCUT2D eigenvalue weighted by atomic mass is 10.2. The van der Waals surface area contributed by atoms with Gasteiger partial charge in [-0.25, -0.2) is 0 Å². The Kier molecular flexibility index (Phi) is 3.24. The third kappa shape index (κ3) is 2.31. The van der Waals surface area contributed by atoms with Crippen LogP contribution in [0.15, 0.2) is 6.20 Å². The Bertz CT molecular complexity index is 329. The number of hydrogen-bond donors (Lipinski definition) is 1. The Balaban J connectivity index is 2.01. The van der Waals surface area contributed by atoms with Crippen molar-refractivity contribution >= 4 is 17.6 Å². The lowest BCUT2D eigenvalue weighted by Crippen LogP contribution is -2.48. The molecule has 0 aliphatic carbocycles. The van der Waals surface area contributed by atoms with Crippen molar-refractivity contribution in [2.24, 2.45) is 5.73 Å². The van der Waals surface area contributed by atoms with E-state index in [2.05, 4.69) is 8.75 Å². The summed E-state index contributed by atoms with van der Waals surface area (Å²) in [6, 6.07) is 0. The standard InChI is InChI=1S/C8H12N4O2S/c9-3-6-5-12(1-2-14-6)8(13)7-4-10-15-11-7/h4,6H,1-3,5,9H2. The SMILES string of the molecule is NCC1CN(C(=O)c2cnsn2)CCO1. The average molecular weight is 228 g/mol. The van der Waals surface area contributed by atoms with E-state index in [4.69, 9.17) is 10.5 Å². The van der Waals surface area contributed by atoms with Gasteiger partial charge in [0.15, 0.2) is 5.69 Å². The first-order chi connectivity index (χ1) is 7.31. The molecule has 0 spiro atoms. The number of amides is 1. The van der Waals surface area contributed by atoms with E-state index >= 15 is 0 Å². The molecule has 0 bridgehead atoms. The van der Waals surface area contributed by atoms with Gasteiger partial charge >= 0.3 is 0 Å². The van der Waals surface area contributed by atoms with E-state index in [9.17, 15) is 4.79 Å². The van der Waals surface area contributed by atoms with Gasteiger partial charge in [-0.2, -0.15) is 8.75 Å². The van der Waals surface area contributed by atoms with Gasteiger partial charge in [-0.1, -0.05) is 0 Å². The van der Waals surface area contributed by atoms with Gasteiger partial charge in [-0.05, 0) is 0 Å². The van der Waals surface area contributed by atoms with Gasteiger partial charge in [0.2, 0.25) is 0 Å². The Morgan fingerprint density at radius 3 is 3.33 bits per heavy atom. The minimum Gasteiger partial charge on any atom is -0.373 e. The number of aromatic nitrogens is 2. The van der Waals surface area contributed by atoms with E-state index in [0.29, 0.717) is 31.9 Å². The molecule has 6 nitrogen and oxygen atoms in total. The van der Waals surface area contributed by atoms with Gasteiger partial charge in [0, 0.05) is 19.6 Å². The molecule has 1 amide bonds. The molecular weight excluding hydrogens is 216 g/mol. The number of morpholine rings is 1. The summed E-state index contributed by atoms with van der Waals surface area (Å²) in [5, 5.41) is 0. The number of nitrogens with zero attached hydrogens (tertiary/aromatic N) is 3. The van der Waals surface area contributed by atoms with Gasteiger partial charge in [-0.3, -0.25) is 4.79 Å². The molecule has 1 aliphatic rings. The molecule has 15 heavy (non-hydrogen) atoms. The second kappa shape index (κ2) is 4.65. The first-order valence-corrected chi connectivity index (χ1v) is 5.43. The highest BCUT2D eigenvalue weighted by Gasteiger charge is 2.25. The van der Waals surface area contributed by atoms with E-state index in [1.165, 1.54) is 6.20 Å². The molecule has 7 heteroatoms. The summed E-state index contributed by atoms with van der Waals surface area (Å²) in [4.78, 5) is 13.6. The van der Waals surface area contributed by atoms with E-state index in [1.807, 2.05) is 0 Å². The van der Waals surface area contributed by atoms with Crippen molar-refractivity contribution in [2.75, 3.05) is 26.2 Å². The lowest BCUT2D eigenvalue weighted by molar-refractivity contribution is -0.0169. The molecule has 1 aromatic heterocycles. The zero-order valence-corrected chi connectivity index (χ0v) is 8.94. The Morgan fingerprint density at radius 1 is 1.80 bits per heavy atom. The second-order valence-electron chi connectivity index (χ2n) is 3.27. The fourth-order valence-corrected chi connectivity index (χ4v) is 1.87. The van der Waals surface area contributed by atoms with Gasteiger partial charge in [0.25, 0.3) is 5.91 Å². The molecule has 1 atom stereocenters. The summed E-state index contributed by atoms with van der Waals surface area (Å²) in [6.07, 6.45) is 1.43. The van der Waals surface area contributed by atoms with Crippen molar-refractivity contribution in [3.05, 3.63) is 11.9 Å². The molecule has 1 fully saturated rings. The minimum atomic E-state index is -0.0921. The number of rotatable bonds is 2. The number of hydrogen-bond acceptors (Lipinski definition) is 6. The smallest absolute Gasteiger partial charge is 0.275 e. The van der Waals surface area contributed by atoms with Crippen LogP contribution in [0.25, 0.3) is 0 Å². The predicted octanol–water partition coefficient (Wildman–Crippen LogP) is -0.662. The first kappa shape index (κ1) is 10.5. The summed E-state index contributed by atoms with van der Waals surface area (Å²) >= 11 is 1.04. The van der Waals surface area contributed by atoms with Crippen molar-refractivity contribution < 1.29 is 9.53 Å². The second-order valence-corrected chi connectivity index (χ2v) is 3.83. The predicted molar refractivity (Wildman–Crippen MR) is 54.6 cm³/mol. The summed E-state index contributed by atoms with van der Waals surface area (Å²) in [6.45, 7) is 2.09. The maximum absolute atomic E-state index is 11.9. The molecule has 2 rings (SSSR count). The van der Waals surface area contributed by atoms with Crippen LogP contribution in [0.3, 0.4) is 0 Å². The quantitative estimate of drug-likeness (QED) is 0.726. The molecule has 1 unspecified atom stereocenters. The highest BCUT2D eigenvalue weighted by molar-refractivity contribution is 6.99. The van der Waals surface area contributed by atoms with Gasteiger partial charge in [0.05, 0.1) is 30.6 Å². The largest absolute Gasteiger partial charge is 0.373 e. The van der Waals surface area contributed by atoms with E-state index < -0.39 is 0 Å². The fraction of sp³-hybridized carbons (Fsp3) is 0.625. The molecule has 2 heterocycles. The summed E-state index contributed by atoms with van der Waals surface area (Å²) < 4.78 is 13.1. The van der Waals surface area contributed by atoms with Crippen molar-refractivity contribution in [3.8, 4) is 0 Å². The summed E-state index contributed by atoms with van der Waals surface area (Å²) in [5.74, 6) is -0.0921. The van der Waals surface area contributed by atoms with Crippen LogP contribution in [-0.2, 0) is 4.74 Å². The topological polar surface area (TPSA) is 81.3 Å². The van der Waals surface area contributed by atoms with Crippen LogP contribution < -0.4 is 5.73 Å². The van der Waals surface area contributed by atoms with Gasteiger partial charge < -0.3 is 15.4 Å². The molecule has 0 radical (unpaired) electrons. The fourth-order valence-electron chi connectivity index (χ4n) is 1.47. The van der Waals surface area contributed by atoms with E-state index in [-0.39, 0.29) is 12.0 Å². The number of ether oxygens (including phenoxy) is 1. The van der Waals surface area contributed by atoms with Crippen LogP contribution >= 0.6 is 11.7 Å². The number of carbonyl (C=O) groups is 1. The Labute approximate surface area is 91.4 Å². The van der Waals surface area contributed by atoms with Crippen LogP contribution in [0.4, 0.5) is 0 Å². The monoisotopic (exact) mass is 228 g/mol. The van der Waals surface area contributed by atoms with Crippen LogP contribution in [0.5, 0.6) is 0 Å². The van der Waals surface area contributed by atoms with Crippen LogP contribution in [-0.4, -0.2) is 51.9 Å². The average Bonchev–Trinajstić information content (AvgIpc) is 2.81. The van der Waals surface area contributed by atoms with Crippen LogP contribution in [0.2, 0.25) is 0 Å². The van der Waals surface area contributed by atoms with E-state index in [1.54, 1.807) is 4.90 Å². The molecule has 82 valence electrons. The zero-order valence-electron chi connectivity index (χ0n) is 8.13. The molecule has 1 aromatic rings. The molecule has 1 aliphatic heterocycles. The number of carbonyl (C=O) groups excluding carboxylic acids is 1. The van der Waals surface area contributed by atoms with Gasteiger partial charge in [-0.15, -0.1) is 0 Å². The van der Waals surface area contributed by atoms with Crippen LogP contribution in [0, 0.1) is 0 Å². The lowest BCUT2D eigenvalue weighted by Gasteiger charge is -2.31. The summed E-state index contributed by atoms with van der Waals surface area (Å²) in [7, 11) is 0. The van der Waals surface area contributed by atoms with Gasteiger partial charge in [0.1, 0.15) is 0 Å². The highest BCUT2D eigenvalue weighted by Crippen LogP contribution is 2.08. The van der Waals surface area contributed by atoms with Crippen LogP contribution in [0.1, 0.15) is 10.5 Å². The maximum Gasteiger partial charge on any atom is 0.275 e. The zero-order chi connectivity index (χ0) is 10.7. The third-order valence-electron chi connectivity index (χ3n) is 2.27. The highest BCUT2D eigenvalue weighted by atomic mass is 32.1. The van der Waals surface area contributed by atoms with Crippen molar-refractivity contribution in [2.45, 2.75) is 6.10 Å². The van der Waals surface area contributed by atoms with Crippen molar-refractivity contribution in [1.82, 2.24) is 13.6 Å². The van der Waals surface area contributed by atoms with Crippen molar-refractivity contribution in [3.63, 3.8) is 0 Å². The molecule has 1 saturated heterocycles.